The number of aryl methyl sites for hydroxylation is 2. The van der Waals surface area contributed by atoms with E-state index in [2.05, 4.69) is 17.1 Å². The van der Waals surface area contributed by atoms with E-state index in [-0.39, 0.29) is 10.3 Å². The number of methoxy groups -OCH3 is 1. The van der Waals surface area contributed by atoms with E-state index in [0.29, 0.717) is 12.3 Å². The summed E-state index contributed by atoms with van der Waals surface area (Å²) >= 11 is 0. The quantitative estimate of drug-likeness (QED) is 0.679. The van der Waals surface area contributed by atoms with E-state index in [1.54, 1.807) is 19.2 Å². The van der Waals surface area contributed by atoms with Gasteiger partial charge in [0.05, 0.1) is 7.11 Å². The third kappa shape index (κ3) is 3.01. The van der Waals surface area contributed by atoms with Gasteiger partial charge in [-0.2, -0.15) is 4.31 Å². The van der Waals surface area contributed by atoms with Crippen molar-refractivity contribution in [2.75, 3.05) is 20.7 Å². The molecule has 148 valence electrons. The van der Waals surface area contributed by atoms with Gasteiger partial charge < -0.3 is 9.72 Å². The second-order valence-corrected chi connectivity index (χ2v) is 9.89. The molecule has 0 bridgehead atoms. The van der Waals surface area contributed by atoms with Gasteiger partial charge in [0.2, 0.25) is 10.0 Å². The largest absolute Gasteiger partial charge is 0.495 e. The molecule has 0 amide bonds. The van der Waals surface area contributed by atoms with Crippen molar-refractivity contribution in [3.63, 3.8) is 0 Å². The first-order valence-electron chi connectivity index (χ1n) is 9.47. The predicted molar refractivity (Wildman–Crippen MR) is 111 cm³/mol. The zero-order valence-corrected chi connectivity index (χ0v) is 17.6. The molecule has 1 N–H and O–H groups in total. The maximum Gasteiger partial charge on any atom is 0.246 e. The van der Waals surface area contributed by atoms with Gasteiger partial charge in [-0.05, 0) is 61.6 Å². The minimum absolute atomic E-state index is 0.131. The summed E-state index contributed by atoms with van der Waals surface area (Å²) in [6, 6.07) is 11.7. The average molecular weight is 399 g/mol. The highest BCUT2D eigenvalue weighted by atomic mass is 32.2. The number of nitrogens with zero attached hydrogens (tertiary/aromatic N) is 1. The van der Waals surface area contributed by atoms with Crippen LogP contribution in [-0.2, 0) is 15.4 Å². The van der Waals surface area contributed by atoms with Crippen LogP contribution in [0.3, 0.4) is 0 Å². The summed E-state index contributed by atoms with van der Waals surface area (Å²) in [5.74, 6) is 0.395. The van der Waals surface area contributed by atoms with Crippen LogP contribution in [0.25, 0.3) is 10.9 Å². The number of likely N-dealkylation sites (N-methyl/N-ethyl adjacent to an activating group) is 1. The molecule has 1 aliphatic carbocycles. The van der Waals surface area contributed by atoms with Gasteiger partial charge in [-0.1, -0.05) is 18.2 Å². The lowest BCUT2D eigenvalue weighted by molar-refractivity contribution is 0.393. The first-order chi connectivity index (χ1) is 13.3. The van der Waals surface area contributed by atoms with Gasteiger partial charge in [-0.3, -0.25) is 0 Å². The smallest absolute Gasteiger partial charge is 0.246 e. The maximum atomic E-state index is 13.4. The van der Waals surface area contributed by atoms with Crippen LogP contribution in [-0.4, -0.2) is 38.4 Å². The van der Waals surface area contributed by atoms with Crippen molar-refractivity contribution in [1.82, 2.24) is 9.29 Å². The number of aromatic amines is 1. The topological polar surface area (TPSA) is 62.4 Å². The molecule has 1 aliphatic rings. The Morgan fingerprint density at radius 2 is 1.82 bits per heavy atom. The monoisotopic (exact) mass is 398 g/mol. The van der Waals surface area contributed by atoms with Crippen LogP contribution in [0.2, 0.25) is 0 Å². The maximum absolute atomic E-state index is 13.4. The van der Waals surface area contributed by atoms with Gasteiger partial charge in [0.15, 0.2) is 0 Å². The Bertz CT molecular complexity index is 1140. The molecule has 0 radical (unpaired) electrons. The molecule has 1 heterocycles. The summed E-state index contributed by atoms with van der Waals surface area (Å²) in [5.41, 5.74) is 4.11. The van der Waals surface area contributed by atoms with Crippen molar-refractivity contribution in [2.24, 2.45) is 0 Å². The SMILES string of the molecule is COc1cc(C)c(C)cc1S(=O)(=O)N(C)CC1(c2c[nH]c3ccccc23)CC1. The van der Waals surface area contributed by atoms with Crippen molar-refractivity contribution in [1.29, 1.82) is 0 Å². The molecule has 5 nitrogen and oxygen atoms in total. The third-order valence-corrected chi connectivity index (χ3v) is 7.83. The van der Waals surface area contributed by atoms with Crippen LogP contribution in [0.15, 0.2) is 47.5 Å². The summed E-state index contributed by atoms with van der Waals surface area (Å²) in [7, 11) is -0.483. The van der Waals surface area contributed by atoms with Crippen LogP contribution in [0.5, 0.6) is 5.75 Å². The Balaban J connectivity index is 1.68. The summed E-state index contributed by atoms with van der Waals surface area (Å²) in [6.07, 6.45) is 4.01. The fourth-order valence-electron chi connectivity index (χ4n) is 3.98. The van der Waals surface area contributed by atoms with Crippen LogP contribution >= 0.6 is 0 Å². The number of rotatable bonds is 6. The number of ether oxygens (including phenoxy) is 1. The van der Waals surface area contributed by atoms with Crippen LogP contribution in [0.1, 0.15) is 29.5 Å². The van der Waals surface area contributed by atoms with E-state index in [1.807, 2.05) is 32.2 Å². The first kappa shape index (κ1) is 19.0. The molecule has 3 aromatic rings. The van der Waals surface area contributed by atoms with Gasteiger partial charge >= 0.3 is 0 Å². The lowest BCUT2D eigenvalue weighted by atomic mass is 9.95. The average Bonchev–Trinajstić information content (AvgIpc) is 3.31. The Hall–Kier alpha value is -2.31. The number of aromatic nitrogens is 1. The van der Waals surface area contributed by atoms with Gasteiger partial charge in [0.1, 0.15) is 10.6 Å². The fourth-order valence-corrected chi connectivity index (χ4v) is 5.45. The highest BCUT2D eigenvalue weighted by Gasteiger charge is 2.48. The second-order valence-electron chi connectivity index (χ2n) is 7.88. The van der Waals surface area contributed by atoms with E-state index in [4.69, 9.17) is 4.74 Å². The van der Waals surface area contributed by atoms with Gasteiger partial charge in [-0.15, -0.1) is 0 Å². The van der Waals surface area contributed by atoms with Gasteiger partial charge in [0, 0.05) is 36.1 Å². The van der Waals surface area contributed by atoms with Crippen molar-refractivity contribution in [2.45, 2.75) is 37.0 Å². The molecule has 6 heteroatoms. The minimum Gasteiger partial charge on any atom is -0.495 e. The molecule has 28 heavy (non-hydrogen) atoms. The Morgan fingerprint density at radius 3 is 2.50 bits per heavy atom. The number of hydrogen-bond acceptors (Lipinski definition) is 3. The second kappa shape index (κ2) is 6.64. The summed E-state index contributed by atoms with van der Waals surface area (Å²) in [5, 5.41) is 1.18. The van der Waals surface area contributed by atoms with E-state index in [0.717, 1.165) is 29.5 Å². The number of benzene rings is 2. The molecular weight excluding hydrogens is 372 g/mol. The minimum atomic E-state index is -3.66. The van der Waals surface area contributed by atoms with Crippen molar-refractivity contribution < 1.29 is 13.2 Å². The molecule has 0 spiro atoms. The number of fused-ring (bicyclic) bond motifs is 1. The standard InChI is InChI=1S/C22H26N2O3S/c1-15-11-20(27-4)21(12-16(15)2)28(25,26)24(3)14-22(9-10-22)18-13-23-19-8-6-5-7-17(18)19/h5-8,11-13,23H,9-10,14H2,1-4H3. The van der Waals surface area contributed by atoms with Crippen LogP contribution in [0, 0.1) is 13.8 Å². The zero-order valence-electron chi connectivity index (χ0n) is 16.7. The van der Waals surface area contributed by atoms with E-state index in [9.17, 15) is 8.42 Å². The van der Waals surface area contributed by atoms with Crippen molar-refractivity contribution in [3.8, 4) is 5.75 Å². The fraction of sp³-hybridized carbons (Fsp3) is 0.364. The number of para-hydroxylation sites is 1. The molecule has 1 aromatic heterocycles. The first-order valence-corrected chi connectivity index (χ1v) is 10.9. The lowest BCUT2D eigenvalue weighted by Crippen LogP contribution is -2.34. The van der Waals surface area contributed by atoms with E-state index < -0.39 is 10.0 Å². The summed E-state index contributed by atoms with van der Waals surface area (Å²) < 4.78 is 33.6. The zero-order chi connectivity index (χ0) is 20.1. The summed E-state index contributed by atoms with van der Waals surface area (Å²) in [4.78, 5) is 3.55. The highest BCUT2D eigenvalue weighted by Crippen LogP contribution is 2.51. The number of H-pyrrole nitrogens is 1. The molecule has 4 rings (SSSR count). The third-order valence-electron chi connectivity index (χ3n) is 6.01. The number of hydrogen-bond donors (Lipinski definition) is 1. The molecule has 0 aliphatic heterocycles. The molecule has 2 aromatic carbocycles. The molecule has 0 atom stereocenters. The van der Waals surface area contributed by atoms with E-state index >= 15 is 0 Å². The molecular formula is C22H26N2O3S. The Morgan fingerprint density at radius 1 is 1.14 bits per heavy atom. The van der Waals surface area contributed by atoms with E-state index in [1.165, 1.54) is 22.4 Å². The van der Waals surface area contributed by atoms with Crippen LogP contribution in [0.4, 0.5) is 0 Å². The van der Waals surface area contributed by atoms with Crippen molar-refractivity contribution >= 4 is 20.9 Å². The Kier molecular flexibility index (Phi) is 4.51. The van der Waals surface area contributed by atoms with Gasteiger partial charge in [0.25, 0.3) is 0 Å². The normalized spacial score (nSPS) is 15.9. The van der Waals surface area contributed by atoms with Crippen molar-refractivity contribution in [3.05, 3.63) is 59.3 Å². The molecule has 0 unspecified atom stereocenters. The van der Waals surface area contributed by atoms with Gasteiger partial charge in [-0.25, -0.2) is 8.42 Å². The predicted octanol–water partition coefficient (Wildman–Crippen LogP) is 4.15. The summed E-state index contributed by atoms with van der Waals surface area (Å²) in [6.45, 7) is 4.32. The number of nitrogens with one attached hydrogen (secondary N) is 1. The molecule has 1 saturated carbocycles. The van der Waals surface area contributed by atoms with Crippen LogP contribution < -0.4 is 4.74 Å². The highest BCUT2D eigenvalue weighted by molar-refractivity contribution is 7.89. The molecule has 1 fully saturated rings. The number of sulfonamides is 1. The lowest BCUT2D eigenvalue weighted by Gasteiger charge is -2.24. The Labute approximate surface area is 166 Å². The molecule has 0 saturated heterocycles.